The number of amides is 2. The number of benzene rings is 3. The molecule has 5 heteroatoms. The van der Waals surface area contributed by atoms with Gasteiger partial charge in [0.05, 0.1) is 5.71 Å². The van der Waals surface area contributed by atoms with Gasteiger partial charge < -0.3 is 0 Å². The Bertz CT molecular complexity index is 1060. The molecule has 3 rings (SSSR count). The van der Waals surface area contributed by atoms with Crippen molar-refractivity contribution in [3.8, 4) is 0 Å². The van der Waals surface area contributed by atoms with Crippen molar-refractivity contribution in [3.05, 3.63) is 95.1 Å². The number of nitrogens with zero attached hydrogens (tertiary/aromatic N) is 2. The average Bonchev–Trinajstić information content (AvgIpc) is 2.77. The molecule has 0 aliphatic carbocycles. The van der Waals surface area contributed by atoms with Gasteiger partial charge in [0, 0.05) is 29.8 Å². The molecule has 3 aromatic rings. The van der Waals surface area contributed by atoms with Gasteiger partial charge in [0.15, 0.2) is 0 Å². The highest BCUT2D eigenvalue weighted by Gasteiger charge is 2.18. The number of aryl methyl sites for hydroxylation is 3. The highest BCUT2D eigenvalue weighted by Crippen LogP contribution is 2.26. The summed E-state index contributed by atoms with van der Waals surface area (Å²) in [5, 5.41) is 4.28. The summed E-state index contributed by atoms with van der Waals surface area (Å²) in [6, 6.07) is 23.1. The van der Waals surface area contributed by atoms with Crippen LogP contribution in [0.1, 0.15) is 42.0 Å². The van der Waals surface area contributed by atoms with Gasteiger partial charge in [-0.15, -0.1) is 0 Å². The third kappa shape index (κ3) is 5.70. The number of hydrazone groups is 1. The van der Waals surface area contributed by atoms with E-state index in [0.29, 0.717) is 0 Å². The molecule has 0 atom stereocenters. The van der Waals surface area contributed by atoms with Crippen LogP contribution in [0.25, 0.3) is 0 Å². The Hall–Kier alpha value is -3.73. The first-order valence-electron chi connectivity index (χ1n) is 10.7. The number of anilines is 2. The van der Waals surface area contributed by atoms with Crippen molar-refractivity contribution < 1.29 is 9.59 Å². The Labute approximate surface area is 189 Å². The minimum atomic E-state index is -0.291. The molecule has 0 saturated heterocycles. The maximum atomic E-state index is 13.0. The molecule has 0 aliphatic rings. The smallest absolute Gasteiger partial charge is 0.240 e. The number of para-hydroxylation sites is 2. The van der Waals surface area contributed by atoms with E-state index in [2.05, 4.69) is 29.6 Å². The third-order valence-corrected chi connectivity index (χ3v) is 5.23. The number of carbonyl (C=O) groups is 2. The zero-order valence-corrected chi connectivity index (χ0v) is 19.1. The van der Waals surface area contributed by atoms with E-state index < -0.39 is 0 Å². The van der Waals surface area contributed by atoms with Crippen molar-refractivity contribution in [2.45, 2.75) is 40.5 Å². The predicted octanol–water partition coefficient (Wildman–Crippen LogP) is 5.60. The molecule has 164 valence electrons. The van der Waals surface area contributed by atoms with Crippen molar-refractivity contribution in [1.82, 2.24) is 5.43 Å². The topological polar surface area (TPSA) is 61.8 Å². The van der Waals surface area contributed by atoms with E-state index in [1.54, 1.807) is 4.90 Å². The maximum Gasteiger partial charge on any atom is 0.240 e. The van der Waals surface area contributed by atoms with Crippen molar-refractivity contribution in [2.75, 3.05) is 4.90 Å². The van der Waals surface area contributed by atoms with Crippen LogP contribution in [-0.2, 0) is 9.59 Å². The van der Waals surface area contributed by atoms with Crippen LogP contribution >= 0.6 is 0 Å². The lowest BCUT2D eigenvalue weighted by atomic mass is 9.97. The zero-order chi connectivity index (χ0) is 23.1. The van der Waals surface area contributed by atoms with E-state index in [-0.39, 0.29) is 24.7 Å². The van der Waals surface area contributed by atoms with Crippen molar-refractivity contribution in [3.63, 3.8) is 0 Å². The first-order valence-corrected chi connectivity index (χ1v) is 10.7. The van der Waals surface area contributed by atoms with Crippen LogP contribution < -0.4 is 10.3 Å². The normalized spacial score (nSPS) is 11.2. The van der Waals surface area contributed by atoms with Gasteiger partial charge in [0.2, 0.25) is 11.8 Å². The number of hydrogen-bond acceptors (Lipinski definition) is 3. The summed E-state index contributed by atoms with van der Waals surface area (Å²) in [6.45, 7) is 8.01. The molecule has 5 nitrogen and oxygen atoms in total. The summed E-state index contributed by atoms with van der Waals surface area (Å²) in [4.78, 5) is 27.1. The minimum Gasteiger partial charge on any atom is -0.281 e. The van der Waals surface area contributed by atoms with Crippen molar-refractivity contribution in [2.24, 2.45) is 5.10 Å². The van der Waals surface area contributed by atoms with Gasteiger partial charge in [-0.05, 0) is 63.1 Å². The summed E-state index contributed by atoms with van der Waals surface area (Å²) in [7, 11) is 0. The second-order valence-corrected chi connectivity index (χ2v) is 7.91. The van der Waals surface area contributed by atoms with E-state index in [9.17, 15) is 9.59 Å². The fourth-order valence-electron chi connectivity index (χ4n) is 3.93. The van der Waals surface area contributed by atoms with Gasteiger partial charge >= 0.3 is 0 Å². The van der Waals surface area contributed by atoms with Crippen LogP contribution in [0.4, 0.5) is 11.4 Å². The maximum absolute atomic E-state index is 13.0. The standard InChI is InChI=1S/C27H29N3O2/c1-19-17-20(2)27(21(3)18-19)22(4)28-29-25(31)15-16-26(32)30(23-11-7-5-8-12-23)24-13-9-6-10-14-24/h5-14,17-18H,15-16H2,1-4H3,(H,29,31)/b28-22+. The van der Waals surface area contributed by atoms with E-state index >= 15 is 0 Å². The quantitative estimate of drug-likeness (QED) is 0.394. The molecule has 0 spiro atoms. The van der Waals surface area contributed by atoms with Gasteiger partial charge in [0.25, 0.3) is 0 Å². The second kappa shape index (κ2) is 10.5. The Kier molecular flexibility index (Phi) is 7.55. The molecule has 32 heavy (non-hydrogen) atoms. The van der Waals surface area contributed by atoms with Crippen LogP contribution in [0.5, 0.6) is 0 Å². The Morgan fingerprint density at radius 3 is 1.81 bits per heavy atom. The first-order chi connectivity index (χ1) is 15.4. The highest BCUT2D eigenvalue weighted by atomic mass is 16.2. The molecule has 0 heterocycles. The van der Waals surface area contributed by atoms with Crippen LogP contribution in [-0.4, -0.2) is 17.5 Å². The summed E-state index contributed by atoms with van der Waals surface area (Å²) in [5.74, 6) is -0.440. The molecule has 0 radical (unpaired) electrons. The molecule has 2 amide bonds. The minimum absolute atomic E-state index is 0.0532. The summed E-state index contributed by atoms with van der Waals surface area (Å²) in [5.41, 5.74) is 9.35. The molecular weight excluding hydrogens is 398 g/mol. The van der Waals surface area contributed by atoms with Gasteiger partial charge in [-0.1, -0.05) is 54.1 Å². The number of hydrogen-bond donors (Lipinski definition) is 1. The first kappa shape index (κ1) is 22.9. The average molecular weight is 428 g/mol. The number of rotatable bonds is 7. The SMILES string of the molecule is C/C(=N\NC(=O)CCC(=O)N(c1ccccc1)c1ccccc1)c1c(C)cc(C)cc1C. The molecule has 1 N–H and O–H groups in total. The van der Waals surface area contributed by atoms with Gasteiger partial charge in [-0.3, -0.25) is 14.5 Å². The third-order valence-electron chi connectivity index (χ3n) is 5.23. The van der Waals surface area contributed by atoms with Crippen molar-refractivity contribution >= 4 is 28.9 Å². The lowest BCUT2D eigenvalue weighted by Gasteiger charge is -2.23. The van der Waals surface area contributed by atoms with Crippen LogP contribution in [0.2, 0.25) is 0 Å². The van der Waals surface area contributed by atoms with Gasteiger partial charge in [-0.2, -0.15) is 5.10 Å². The summed E-state index contributed by atoms with van der Waals surface area (Å²) < 4.78 is 0. The monoisotopic (exact) mass is 427 g/mol. The van der Waals surface area contributed by atoms with Gasteiger partial charge in [-0.25, -0.2) is 5.43 Å². The van der Waals surface area contributed by atoms with Crippen molar-refractivity contribution in [1.29, 1.82) is 0 Å². The van der Waals surface area contributed by atoms with E-state index in [0.717, 1.165) is 33.8 Å². The Balaban J connectivity index is 1.67. The Morgan fingerprint density at radius 2 is 1.31 bits per heavy atom. The lowest BCUT2D eigenvalue weighted by molar-refractivity contribution is -0.124. The summed E-state index contributed by atoms with van der Waals surface area (Å²) >= 11 is 0. The number of nitrogens with one attached hydrogen (secondary N) is 1. The Morgan fingerprint density at radius 1 is 0.812 bits per heavy atom. The molecule has 0 fully saturated rings. The van der Waals surface area contributed by atoms with E-state index in [4.69, 9.17) is 0 Å². The zero-order valence-electron chi connectivity index (χ0n) is 19.1. The fourth-order valence-corrected chi connectivity index (χ4v) is 3.93. The molecule has 0 bridgehead atoms. The molecule has 3 aromatic carbocycles. The highest BCUT2D eigenvalue weighted by molar-refractivity contribution is 6.03. The van der Waals surface area contributed by atoms with Crippen LogP contribution in [0, 0.1) is 20.8 Å². The molecule has 0 saturated carbocycles. The molecule has 0 unspecified atom stereocenters. The molecule has 0 aliphatic heterocycles. The summed E-state index contributed by atoms with van der Waals surface area (Å²) in [6.07, 6.45) is 0.129. The van der Waals surface area contributed by atoms with E-state index in [1.165, 1.54) is 5.56 Å². The number of carbonyl (C=O) groups excluding carboxylic acids is 2. The van der Waals surface area contributed by atoms with Gasteiger partial charge in [0.1, 0.15) is 0 Å². The fraction of sp³-hybridized carbons (Fsp3) is 0.222. The second-order valence-electron chi connectivity index (χ2n) is 7.91. The van der Waals surface area contributed by atoms with Crippen LogP contribution in [0.15, 0.2) is 77.9 Å². The van der Waals surface area contributed by atoms with E-state index in [1.807, 2.05) is 81.4 Å². The van der Waals surface area contributed by atoms with Crippen LogP contribution in [0.3, 0.4) is 0 Å². The lowest BCUT2D eigenvalue weighted by Crippen LogP contribution is -2.28. The largest absolute Gasteiger partial charge is 0.281 e. The predicted molar refractivity (Wildman–Crippen MR) is 130 cm³/mol. The molecular formula is C27H29N3O2. The molecule has 0 aromatic heterocycles.